The van der Waals surface area contributed by atoms with Crippen molar-refractivity contribution < 1.29 is 0 Å². The molecule has 0 aliphatic rings. The second-order valence-electron chi connectivity index (χ2n) is 3.55. The molecule has 0 radical (unpaired) electrons. The number of pyridine rings is 2. The van der Waals surface area contributed by atoms with Crippen LogP contribution in [-0.2, 0) is 6.42 Å². The van der Waals surface area contributed by atoms with Crippen molar-refractivity contribution in [1.29, 1.82) is 5.26 Å². The summed E-state index contributed by atoms with van der Waals surface area (Å²) in [6.07, 6.45) is 6.08. The molecule has 2 heterocycles. The third-order valence-electron chi connectivity index (χ3n) is 2.37. The lowest BCUT2D eigenvalue weighted by atomic mass is 10.2. The molecule has 4 heteroatoms. The average Bonchev–Trinajstić information content (AvgIpc) is 2.40. The first-order valence-electron chi connectivity index (χ1n) is 5.38. The molecule has 4 nitrogen and oxygen atoms in total. The molecular weight excluding hydrogens is 212 g/mol. The Labute approximate surface area is 100.0 Å². The van der Waals surface area contributed by atoms with Crippen molar-refractivity contribution >= 4 is 5.69 Å². The Balaban J connectivity index is 1.93. The van der Waals surface area contributed by atoms with Crippen LogP contribution in [0.3, 0.4) is 0 Å². The molecule has 0 saturated heterocycles. The zero-order chi connectivity index (χ0) is 11.9. The molecule has 2 aromatic rings. The fourth-order valence-corrected chi connectivity index (χ4v) is 1.52. The normalized spacial score (nSPS) is 9.59. The van der Waals surface area contributed by atoms with E-state index in [2.05, 4.69) is 21.4 Å². The molecule has 0 fully saturated rings. The molecule has 2 rings (SSSR count). The van der Waals surface area contributed by atoms with Crippen LogP contribution in [0.5, 0.6) is 0 Å². The van der Waals surface area contributed by atoms with Crippen LogP contribution >= 0.6 is 0 Å². The summed E-state index contributed by atoms with van der Waals surface area (Å²) < 4.78 is 0. The van der Waals surface area contributed by atoms with E-state index in [1.165, 1.54) is 5.56 Å². The van der Waals surface area contributed by atoms with Gasteiger partial charge in [0.25, 0.3) is 0 Å². The minimum atomic E-state index is 0.429. The lowest BCUT2D eigenvalue weighted by molar-refractivity contribution is 1.00. The summed E-state index contributed by atoms with van der Waals surface area (Å²) in [5.74, 6) is 0. The number of rotatable bonds is 4. The molecule has 2 aromatic heterocycles. The summed E-state index contributed by atoms with van der Waals surface area (Å²) in [6, 6.07) is 9.67. The van der Waals surface area contributed by atoms with Crippen molar-refractivity contribution in [2.75, 3.05) is 11.9 Å². The molecule has 0 aliphatic heterocycles. The van der Waals surface area contributed by atoms with Crippen LogP contribution in [0.1, 0.15) is 11.3 Å². The number of nitrogens with zero attached hydrogens (tertiary/aromatic N) is 3. The maximum Gasteiger partial charge on any atom is 0.163 e. The first kappa shape index (κ1) is 11.1. The molecule has 0 aromatic carbocycles. The van der Waals surface area contributed by atoms with E-state index in [9.17, 15) is 0 Å². The van der Waals surface area contributed by atoms with Crippen molar-refractivity contribution in [3.63, 3.8) is 0 Å². The Bertz CT molecular complexity index is 516. The molecular formula is C13H12N4. The number of anilines is 1. The van der Waals surface area contributed by atoms with Gasteiger partial charge >= 0.3 is 0 Å². The van der Waals surface area contributed by atoms with Gasteiger partial charge in [-0.25, -0.2) is 4.98 Å². The van der Waals surface area contributed by atoms with Crippen LogP contribution in [0.25, 0.3) is 0 Å². The summed E-state index contributed by atoms with van der Waals surface area (Å²) >= 11 is 0. The minimum absolute atomic E-state index is 0.429. The third kappa shape index (κ3) is 3.02. The Morgan fingerprint density at radius 3 is 2.88 bits per heavy atom. The van der Waals surface area contributed by atoms with Gasteiger partial charge in [0.05, 0.1) is 5.69 Å². The predicted molar refractivity (Wildman–Crippen MR) is 65.4 cm³/mol. The second kappa shape index (κ2) is 5.61. The predicted octanol–water partition coefficient (Wildman–Crippen LogP) is 2.00. The van der Waals surface area contributed by atoms with Crippen LogP contribution in [0.4, 0.5) is 5.69 Å². The summed E-state index contributed by atoms with van der Waals surface area (Å²) in [6.45, 7) is 0.756. The maximum atomic E-state index is 8.87. The highest BCUT2D eigenvalue weighted by Crippen LogP contribution is 2.10. The highest BCUT2D eigenvalue weighted by atomic mass is 14.9. The first-order chi connectivity index (χ1) is 8.40. The summed E-state index contributed by atoms with van der Waals surface area (Å²) in [4.78, 5) is 8.04. The van der Waals surface area contributed by atoms with Crippen LogP contribution in [0, 0.1) is 11.3 Å². The summed E-state index contributed by atoms with van der Waals surface area (Å²) in [5, 5.41) is 12.1. The maximum absolute atomic E-state index is 8.87. The number of nitrogens with one attached hydrogen (secondary N) is 1. The Kier molecular flexibility index (Phi) is 3.66. The van der Waals surface area contributed by atoms with E-state index in [0.717, 1.165) is 18.7 Å². The van der Waals surface area contributed by atoms with E-state index in [1.54, 1.807) is 12.4 Å². The topological polar surface area (TPSA) is 61.6 Å². The first-order valence-corrected chi connectivity index (χ1v) is 5.38. The minimum Gasteiger partial charge on any atom is -0.382 e. The number of aromatic nitrogens is 2. The van der Waals surface area contributed by atoms with Crippen molar-refractivity contribution in [2.24, 2.45) is 0 Å². The Morgan fingerprint density at radius 2 is 2.12 bits per heavy atom. The van der Waals surface area contributed by atoms with Gasteiger partial charge in [-0.3, -0.25) is 4.98 Å². The van der Waals surface area contributed by atoms with Crippen molar-refractivity contribution in [1.82, 2.24) is 9.97 Å². The van der Waals surface area contributed by atoms with E-state index >= 15 is 0 Å². The molecule has 0 aliphatic carbocycles. The SMILES string of the molecule is N#Cc1ncccc1NCCc1cccnc1. The molecule has 0 amide bonds. The third-order valence-corrected chi connectivity index (χ3v) is 2.37. The largest absolute Gasteiger partial charge is 0.382 e. The molecule has 0 spiro atoms. The fraction of sp³-hybridized carbons (Fsp3) is 0.154. The van der Waals surface area contributed by atoms with Gasteiger partial charge < -0.3 is 5.32 Å². The smallest absolute Gasteiger partial charge is 0.163 e. The van der Waals surface area contributed by atoms with Gasteiger partial charge in [0.15, 0.2) is 5.69 Å². The highest BCUT2D eigenvalue weighted by Gasteiger charge is 2.00. The van der Waals surface area contributed by atoms with Gasteiger partial charge in [0, 0.05) is 25.1 Å². The highest BCUT2D eigenvalue weighted by molar-refractivity contribution is 5.53. The molecule has 84 valence electrons. The molecule has 0 saturated carbocycles. The molecule has 1 N–H and O–H groups in total. The average molecular weight is 224 g/mol. The summed E-state index contributed by atoms with van der Waals surface area (Å²) in [5.41, 5.74) is 2.37. The lowest BCUT2D eigenvalue weighted by Gasteiger charge is -2.06. The van der Waals surface area contributed by atoms with Crippen LogP contribution in [-0.4, -0.2) is 16.5 Å². The van der Waals surface area contributed by atoms with E-state index in [0.29, 0.717) is 5.69 Å². The van der Waals surface area contributed by atoms with Gasteiger partial charge in [-0.05, 0) is 30.2 Å². The lowest BCUT2D eigenvalue weighted by Crippen LogP contribution is -2.06. The van der Waals surface area contributed by atoms with Gasteiger partial charge in [0.1, 0.15) is 6.07 Å². The van der Waals surface area contributed by atoms with Crippen molar-refractivity contribution in [3.05, 3.63) is 54.1 Å². The van der Waals surface area contributed by atoms with Crippen molar-refractivity contribution in [3.8, 4) is 6.07 Å². The van der Waals surface area contributed by atoms with E-state index in [-0.39, 0.29) is 0 Å². The van der Waals surface area contributed by atoms with E-state index < -0.39 is 0 Å². The standard InChI is InChI=1S/C13H12N4/c14-9-13-12(4-2-7-16-13)17-8-5-11-3-1-6-15-10-11/h1-4,6-7,10,17H,5,8H2. The Morgan fingerprint density at radius 1 is 1.24 bits per heavy atom. The monoisotopic (exact) mass is 224 g/mol. The van der Waals surface area contributed by atoms with Crippen LogP contribution < -0.4 is 5.32 Å². The molecule has 0 atom stereocenters. The van der Waals surface area contributed by atoms with Crippen molar-refractivity contribution in [2.45, 2.75) is 6.42 Å². The van der Waals surface area contributed by atoms with Gasteiger partial charge in [-0.15, -0.1) is 0 Å². The fourth-order valence-electron chi connectivity index (χ4n) is 1.52. The quantitative estimate of drug-likeness (QED) is 0.862. The van der Waals surface area contributed by atoms with E-state index in [4.69, 9.17) is 5.26 Å². The molecule has 0 bridgehead atoms. The van der Waals surface area contributed by atoms with Crippen LogP contribution in [0.2, 0.25) is 0 Å². The van der Waals surface area contributed by atoms with Gasteiger partial charge in [-0.2, -0.15) is 5.26 Å². The Hall–Kier alpha value is -2.41. The zero-order valence-electron chi connectivity index (χ0n) is 9.30. The summed E-state index contributed by atoms with van der Waals surface area (Å²) in [7, 11) is 0. The van der Waals surface area contributed by atoms with E-state index in [1.807, 2.05) is 30.5 Å². The number of nitriles is 1. The number of hydrogen-bond donors (Lipinski definition) is 1. The van der Waals surface area contributed by atoms with Crippen LogP contribution in [0.15, 0.2) is 42.9 Å². The zero-order valence-corrected chi connectivity index (χ0v) is 9.30. The van der Waals surface area contributed by atoms with Gasteiger partial charge in [-0.1, -0.05) is 6.07 Å². The molecule has 17 heavy (non-hydrogen) atoms. The second-order valence-corrected chi connectivity index (χ2v) is 3.55. The van der Waals surface area contributed by atoms with Gasteiger partial charge in [0.2, 0.25) is 0 Å². The number of hydrogen-bond acceptors (Lipinski definition) is 4. The molecule has 0 unspecified atom stereocenters.